The highest BCUT2D eigenvalue weighted by Gasteiger charge is 2.33. The molecule has 0 saturated heterocycles. The Morgan fingerprint density at radius 2 is 1.64 bits per heavy atom. The predicted molar refractivity (Wildman–Crippen MR) is 81.1 cm³/mol. The average molecular weight is 355 g/mol. The van der Waals surface area contributed by atoms with E-state index in [-0.39, 0.29) is 12.0 Å². The predicted octanol–water partition coefficient (Wildman–Crippen LogP) is 3.57. The Morgan fingerprint density at radius 1 is 1.00 bits per heavy atom. The lowest BCUT2D eigenvalue weighted by molar-refractivity contribution is -0.146. The van der Waals surface area contributed by atoms with Crippen molar-refractivity contribution in [3.63, 3.8) is 0 Å². The minimum atomic E-state index is -4.63. The standard InChI is InChI=1S/C17H13F4NO3/c18-13-7-3-1-5-11(13)9-16(24)25-10-15(23)22-14-8-4-2-6-12(14)17(19,20)21/h1-8H,9-10H2,(H,22,23). The molecule has 1 amide bonds. The van der Waals surface area contributed by atoms with Crippen molar-refractivity contribution < 1.29 is 31.9 Å². The zero-order valence-corrected chi connectivity index (χ0v) is 12.8. The first-order chi connectivity index (χ1) is 11.8. The number of alkyl halides is 3. The summed E-state index contributed by atoms with van der Waals surface area (Å²) in [6, 6.07) is 9.96. The topological polar surface area (TPSA) is 55.4 Å². The number of hydrogen-bond acceptors (Lipinski definition) is 3. The highest BCUT2D eigenvalue weighted by molar-refractivity contribution is 5.93. The molecule has 4 nitrogen and oxygen atoms in total. The minimum Gasteiger partial charge on any atom is -0.455 e. The van der Waals surface area contributed by atoms with Crippen molar-refractivity contribution in [2.75, 3.05) is 11.9 Å². The number of amides is 1. The van der Waals surface area contributed by atoms with E-state index < -0.39 is 41.7 Å². The fraction of sp³-hybridized carbons (Fsp3) is 0.176. The third kappa shape index (κ3) is 5.30. The first-order valence-corrected chi connectivity index (χ1v) is 7.12. The number of halogens is 4. The number of ether oxygens (including phenoxy) is 1. The molecule has 0 unspecified atom stereocenters. The van der Waals surface area contributed by atoms with Gasteiger partial charge in [0, 0.05) is 0 Å². The maximum absolute atomic E-state index is 13.4. The smallest absolute Gasteiger partial charge is 0.418 e. The summed E-state index contributed by atoms with van der Waals surface area (Å²) in [5.41, 5.74) is -1.36. The molecule has 8 heteroatoms. The van der Waals surface area contributed by atoms with Crippen LogP contribution in [0.1, 0.15) is 11.1 Å². The van der Waals surface area contributed by atoms with E-state index >= 15 is 0 Å². The molecule has 0 spiro atoms. The summed E-state index contributed by atoms with van der Waals surface area (Å²) in [5, 5.41) is 2.04. The van der Waals surface area contributed by atoms with E-state index in [0.717, 1.165) is 12.1 Å². The van der Waals surface area contributed by atoms with E-state index in [0.29, 0.717) is 0 Å². The Morgan fingerprint density at radius 3 is 2.32 bits per heavy atom. The first kappa shape index (κ1) is 18.4. The Labute approximate surface area is 140 Å². The van der Waals surface area contributed by atoms with E-state index in [9.17, 15) is 27.2 Å². The summed E-state index contributed by atoms with van der Waals surface area (Å²) in [4.78, 5) is 23.3. The van der Waals surface area contributed by atoms with Gasteiger partial charge in [-0.2, -0.15) is 13.2 Å². The summed E-state index contributed by atoms with van der Waals surface area (Å²) in [6.07, 6.45) is -5.02. The minimum absolute atomic E-state index is 0.0929. The van der Waals surface area contributed by atoms with Crippen LogP contribution in [0.25, 0.3) is 0 Å². The number of benzene rings is 2. The summed E-state index contributed by atoms with van der Waals surface area (Å²) in [6.45, 7) is -0.778. The van der Waals surface area contributed by atoms with Crippen LogP contribution in [0.3, 0.4) is 0 Å². The van der Waals surface area contributed by atoms with E-state index in [1.54, 1.807) is 0 Å². The van der Waals surface area contributed by atoms with Crippen LogP contribution in [0.5, 0.6) is 0 Å². The van der Waals surface area contributed by atoms with Gasteiger partial charge in [-0.1, -0.05) is 30.3 Å². The van der Waals surface area contributed by atoms with Crippen molar-refractivity contribution in [1.82, 2.24) is 0 Å². The number of nitrogens with one attached hydrogen (secondary N) is 1. The van der Waals surface area contributed by atoms with Crippen LogP contribution in [-0.2, 0) is 26.9 Å². The Kier molecular flexibility index (Phi) is 5.74. The summed E-state index contributed by atoms with van der Waals surface area (Å²) in [7, 11) is 0. The Bertz CT molecular complexity index is 774. The molecule has 1 N–H and O–H groups in total. The molecule has 2 rings (SSSR count). The molecule has 0 bridgehead atoms. The molecule has 2 aromatic carbocycles. The Balaban J connectivity index is 1.91. The average Bonchev–Trinajstić information content (AvgIpc) is 2.55. The van der Waals surface area contributed by atoms with Gasteiger partial charge in [0.1, 0.15) is 5.82 Å². The zero-order valence-electron chi connectivity index (χ0n) is 12.8. The van der Waals surface area contributed by atoms with Gasteiger partial charge < -0.3 is 10.1 Å². The van der Waals surface area contributed by atoms with Crippen molar-refractivity contribution in [2.24, 2.45) is 0 Å². The van der Waals surface area contributed by atoms with Gasteiger partial charge in [0.05, 0.1) is 17.7 Å². The van der Waals surface area contributed by atoms with Gasteiger partial charge >= 0.3 is 12.1 Å². The fourth-order valence-electron chi connectivity index (χ4n) is 2.02. The second-order valence-corrected chi connectivity index (χ2v) is 5.02. The fourth-order valence-corrected chi connectivity index (χ4v) is 2.02. The van der Waals surface area contributed by atoms with Gasteiger partial charge in [-0.3, -0.25) is 9.59 Å². The van der Waals surface area contributed by atoms with E-state index in [4.69, 9.17) is 0 Å². The highest BCUT2D eigenvalue weighted by Crippen LogP contribution is 2.34. The summed E-state index contributed by atoms with van der Waals surface area (Å²) >= 11 is 0. The highest BCUT2D eigenvalue weighted by atomic mass is 19.4. The monoisotopic (exact) mass is 355 g/mol. The molecule has 0 radical (unpaired) electrons. The number of rotatable bonds is 5. The van der Waals surface area contributed by atoms with Gasteiger partial charge in [0.25, 0.3) is 5.91 Å². The van der Waals surface area contributed by atoms with E-state index in [1.165, 1.54) is 36.4 Å². The molecular formula is C17H13F4NO3. The molecule has 0 saturated carbocycles. The maximum Gasteiger partial charge on any atom is 0.418 e. The first-order valence-electron chi connectivity index (χ1n) is 7.12. The number of hydrogen-bond donors (Lipinski definition) is 1. The lowest BCUT2D eigenvalue weighted by Gasteiger charge is -2.13. The van der Waals surface area contributed by atoms with Gasteiger partial charge in [-0.15, -0.1) is 0 Å². The second kappa shape index (κ2) is 7.78. The van der Waals surface area contributed by atoms with Crippen LogP contribution in [-0.4, -0.2) is 18.5 Å². The van der Waals surface area contributed by atoms with Gasteiger partial charge in [-0.05, 0) is 23.8 Å². The lowest BCUT2D eigenvalue weighted by atomic mass is 10.1. The van der Waals surface area contributed by atoms with Crippen molar-refractivity contribution in [3.05, 3.63) is 65.5 Å². The molecule has 0 heterocycles. The van der Waals surface area contributed by atoms with Crippen molar-refractivity contribution >= 4 is 17.6 Å². The quantitative estimate of drug-likeness (QED) is 0.659. The molecule has 25 heavy (non-hydrogen) atoms. The van der Waals surface area contributed by atoms with E-state index in [1.807, 2.05) is 5.32 Å². The summed E-state index contributed by atoms with van der Waals surface area (Å²) in [5.74, 6) is -2.40. The van der Waals surface area contributed by atoms with Crippen LogP contribution < -0.4 is 5.32 Å². The van der Waals surface area contributed by atoms with Gasteiger partial charge in [-0.25, -0.2) is 4.39 Å². The molecule has 2 aromatic rings. The third-order valence-corrected chi connectivity index (χ3v) is 3.16. The number of para-hydroxylation sites is 1. The molecular weight excluding hydrogens is 342 g/mol. The molecule has 0 aliphatic heterocycles. The second-order valence-electron chi connectivity index (χ2n) is 5.02. The number of carbonyl (C=O) groups excluding carboxylic acids is 2. The van der Waals surface area contributed by atoms with E-state index in [2.05, 4.69) is 4.74 Å². The number of anilines is 1. The molecule has 0 aliphatic carbocycles. The normalized spacial score (nSPS) is 11.0. The lowest BCUT2D eigenvalue weighted by Crippen LogP contribution is -2.23. The Hall–Kier alpha value is -2.90. The zero-order chi connectivity index (χ0) is 18.4. The van der Waals surface area contributed by atoms with Crippen LogP contribution in [0, 0.1) is 5.82 Å². The molecule has 132 valence electrons. The van der Waals surface area contributed by atoms with Gasteiger partial charge in [0.2, 0.25) is 0 Å². The number of esters is 1. The maximum atomic E-state index is 13.4. The van der Waals surface area contributed by atoms with Crippen molar-refractivity contribution in [2.45, 2.75) is 12.6 Å². The van der Waals surface area contributed by atoms with Gasteiger partial charge in [0.15, 0.2) is 6.61 Å². The third-order valence-electron chi connectivity index (χ3n) is 3.16. The molecule has 0 atom stereocenters. The largest absolute Gasteiger partial charge is 0.455 e. The van der Waals surface area contributed by atoms with Crippen LogP contribution in [0.2, 0.25) is 0 Å². The molecule has 0 fully saturated rings. The van der Waals surface area contributed by atoms with Crippen molar-refractivity contribution in [3.8, 4) is 0 Å². The SMILES string of the molecule is O=C(COC(=O)Cc1ccccc1F)Nc1ccccc1C(F)(F)F. The summed E-state index contributed by atoms with van der Waals surface area (Å²) < 4.78 is 56.5. The van der Waals surface area contributed by atoms with Crippen molar-refractivity contribution in [1.29, 1.82) is 0 Å². The molecule has 0 aliphatic rings. The molecule has 0 aromatic heterocycles. The van der Waals surface area contributed by atoms with Crippen LogP contribution >= 0.6 is 0 Å². The van der Waals surface area contributed by atoms with Crippen LogP contribution in [0.15, 0.2) is 48.5 Å². The van der Waals surface area contributed by atoms with Crippen LogP contribution in [0.4, 0.5) is 23.2 Å². The number of carbonyl (C=O) groups is 2.